The molecule has 0 radical (unpaired) electrons. The van der Waals surface area contributed by atoms with E-state index < -0.39 is 0 Å². The summed E-state index contributed by atoms with van der Waals surface area (Å²) in [6.07, 6.45) is 0. The van der Waals surface area contributed by atoms with E-state index in [1.54, 1.807) is 0 Å². The maximum Gasteiger partial charge on any atom is 0.140 e. The first-order chi connectivity index (χ1) is 14.7. The van der Waals surface area contributed by atoms with Gasteiger partial charge in [0.05, 0.1) is 22.1 Å². The van der Waals surface area contributed by atoms with Gasteiger partial charge in [-0.15, -0.1) is 0 Å². The van der Waals surface area contributed by atoms with Crippen LogP contribution in [0.15, 0.2) is 84.9 Å². The molecule has 0 aliphatic heterocycles. The van der Waals surface area contributed by atoms with E-state index in [4.69, 9.17) is 9.97 Å². The number of hydrogen-bond donors (Lipinski definition) is 0. The maximum absolute atomic E-state index is 4.86. The molecule has 6 aromatic rings. The number of aryl methyl sites for hydroxylation is 2. The van der Waals surface area contributed by atoms with E-state index in [0.717, 1.165) is 44.8 Å². The highest BCUT2D eigenvalue weighted by molar-refractivity contribution is 5.91. The normalized spacial score (nSPS) is 11.7. The summed E-state index contributed by atoms with van der Waals surface area (Å²) in [6.45, 7) is 0. The van der Waals surface area contributed by atoms with Crippen molar-refractivity contribution >= 4 is 32.8 Å². The largest absolute Gasteiger partial charge is 0.327 e. The van der Waals surface area contributed by atoms with Crippen LogP contribution < -0.4 is 0 Å². The lowest BCUT2D eigenvalue weighted by atomic mass is 10.0. The highest BCUT2D eigenvalue weighted by Gasteiger charge is 2.12. The number of fused-ring (bicyclic) bond motifs is 3. The molecule has 6 rings (SSSR count). The van der Waals surface area contributed by atoms with Gasteiger partial charge < -0.3 is 9.13 Å². The first kappa shape index (κ1) is 17.0. The third-order valence-electron chi connectivity index (χ3n) is 5.93. The summed E-state index contributed by atoms with van der Waals surface area (Å²) in [6, 6.07) is 29.6. The minimum Gasteiger partial charge on any atom is -0.327 e. The molecule has 2 heterocycles. The highest BCUT2D eigenvalue weighted by atomic mass is 15.1. The van der Waals surface area contributed by atoms with Gasteiger partial charge in [0.15, 0.2) is 0 Å². The van der Waals surface area contributed by atoms with Crippen molar-refractivity contribution in [2.45, 2.75) is 0 Å². The zero-order valence-corrected chi connectivity index (χ0v) is 16.9. The van der Waals surface area contributed by atoms with Crippen molar-refractivity contribution in [1.29, 1.82) is 0 Å². The summed E-state index contributed by atoms with van der Waals surface area (Å²) in [5.41, 5.74) is 6.54. The predicted octanol–water partition coefficient (Wildman–Crippen LogP) is 5.95. The maximum atomic E-state index is 4.86. The molecule has 0 atom stereocenters. The second-order valence-electron chi connectivity index (χ2n) is 7.74. The number of hydrogen-bond acceptors (Lipinski definition) is 2. The fourth-order valence-corrected chi connectivity index (χ4v) is 4.33. The van der Waals surface area contributed by atoms with Crippen molar-refractivity contribution in [3.05, 3.63) is 84.9 Å². The Hall–Kier alpha value is -3.92. The van der Waals surface area contributed by atoms with Crippen LogP contribution in [0.25, 0.3) is 55.6 Å². The highest BCUT2D eigenvalue weighted by Crippen LogP contribution is 2.30. The van der Waals surface area contributed by atoms with Crippen LogP contribution in [-0.2, 0) is 14.1 Å². The molecule has 0 amide bonds. The predicted molar refractivity (Wildman–Crippen MR) is 123 cm³/mol. The van der Waals surface area contributed by atoms with E-state index in [1.165, 1.54) is 10.8 Å². The molecule has 0 aliphatic rings. The monoisotopic (exact) mass is 388 g/mol. The smallest absolute Gasteiger partial charge is 0.140 e. The number of rotatable bonds is 2. The topological polar surface area (TPSA) is 35.6 Å². The fourth-order valence-electron chi connectivity index (χ4n) is 4.33. The minimum absolute atomic E-state index is 0.978. The molecular weight excluding hydrogens is 368 g/mol. The zero-order chi connectivity index (χ0) is 20.2. The van der Waals surface area contributed by atoms with Gasteiger partial charge in [0.25, 0.3) is 0 Å². The standard InChI is InChI=1S/C26H20N4/c1-29-23-9-5-3-7-21(23)27-25(29)18-13-11-17-12-14-19(16-20(17)15-18)26-28-22-8-4-6-10-24(22)30(26)2/h3-16H,1-2H3. The van der Waals surface area contributed by atoms with Gasteiger partial charge in [-0.25, -0.2) is 9.97 Å². The lowest BCUT2D eigenvalue weighted by Gasteiger charge is -2.07. The van der Waals surface area contributed by atoms with Gasteiger partial charge >= 0.3 is 0 Å². The van der Waals surface area contributed by atoms with Gasteiger partial charge in [0.2, 0.25) is 0 Å². The second kappa shape index (κ2) is 6.29. The molecule has 4 heteroatoms. The number of imidazole rings is 2. The Morgan fingerprint density at radius 1 is 0.533 bits per heavy atom. The quantitative estimate of drug-likeness (QED) is 0.368. The van der Waals surface area contributed by atoms with E-state index in [1.807, 2.05) is 12.1 Å². The van der Waals surface area contributed by atoms with Crippen LogP contribution in [0.3, 0.4) is 0 Å². The summed E-state index contributed by atoms with van der Waals surface area (Å²) in [4.78, 5) is 9.72. The zero-order valence-electron chi connectivity index (χ0n) is 16.9. The first-order valence-electron chi connectivity index (χ1n) is 10.1. The molecule has 4 nitrogen and oxygen atoms in total. The third kappa shape index (κ3) is 2.47. The van der Waals surface area contributed by atoms with Gasteiger partial charge in [-0.1, -0.05) is 48.5 Å². The van der Waals surface area contributed by atoms with Crippen LogP contribution in [0.5, 0.6) is 0 Å². The molecule has 4 aromatic carbocycles. The van der Waals surface area contributed by atoms with Crippen LogP contribution in [0.4, 0.5) is 0 Å². The van der Waals surface area contributed by atoms with E-state index in [-0.39, 0.29) is 0 Å². The summed E-state index contributed by atoms with van der Waals surface area (Å²) < 4.78 is 4.32. The molecule has 0 bridgehead atoms. The molecule has 0 fully saturated rings. The lowest BCUT2D eigenvalue weighted by molar-refractivity contribution is 0.959. The minimum atomic E-state index is 0.978. The molecule has 30 heavy (non-hydrogen) atoms. The Balaban J connectivity index is 1.52. The van der Waals surface area contributed by atoms with E-state index in [2.05, 4.69) is 96.0 Å². The molecule has 0 saturated carbocycles. The molecule has 0 unspecified atom stereocenters. The Labute approximate surface area is 174 Å². The van der Waals surface area contributed by atoms with Gasteiger partial charge in [-0.05, 0) is 47.2 Å². The SMILES string of the molecule is Cn1c(-c2ccc3ccc(-c4nc5ccccc5n4C)cc3c2)nc2ccccc21. The number of aromatic nitrogens is 4. The van der Waals surface area contributed by atoms with Gasteiger partial charge in [0.1, 0.15) is 11.6 Å². The van der Waals surface area contributed by atoms with Crippen LogP contribution in [0.2, 0.25) is 0 Å². The Morgan fingerprint density at radius 2 is 1.00 bits per heavy atom. The first-order valence-corrected chi connectivity index (χ1v) is 10.1. The fraction of sp³-hybridized carbons (Fsp3) is 0.0769. The van der Waals surface area contributed by atoms with E-state index in [9.17, 15) is 0 Å². The van der Waals surface area contributed by atoms with Crippen molar-refractivity contribution in [2.75, 3.05) is 0 Å². The number of para-hydroxylation sites is 4. The Bertz CT molecular complexity index is 1450. The van der Waals surface area contributed by atoms with Crippen molar-refractivity contribution in [3.8, 4) is 22.8 Å². The van der Waals surface area contributed by atoms with Gasteiger partial charge in [0, 0.05) is 25.2 Å². The Kier molecular flexibility index (Phi) is 3.56. The summed E-state index contributed by atoms with van der Waals surface area (Å²) in [5, 5.41) is 2.39. The molecule has 0 N–H and O–H groups in total. The van der Waals surface area contributed by atoms with E-state index in [0.29, 0.717) is 0 Å². The van der Waals surface area contributed by atoms with Crippen molar-refractivity contribution in [2.24, 2.45) is 14.1 Å². The molecule has 0 spiro atoms. The lowest BCUT2D eigenvalue weighted by Crippen LogP contribution is -1.93. The molecule has 0 saturated heterocycles. The molecule has 0 aliphatic carbocycles. The summed E-state index contributed by atoms with van der Waals surface area (Å²) in [5.74, 6) is 1.96. The molecule has 2 aromatic heterocycles. The van der Waals surface area contributed by atoms with Crippen molar-refractivity contribution in [1.82, 2.24) is 19.1 Å². The average Bonchev–Trinajstić information content (AvgIpc) is 3.31. The average molecular weight is 388 g/mol. The van der Waals surface area contributed by atoms with Crippen LogP contribution in [0, 0.1) is 0 Å². The van der Waals surface area contributed by atoms with E-state index >= 15 is 0 Å². The van der Waals surface area contributed by atoms with Gasteiger partial charge in [-0.2, -0.15) is 0 Å². The van der Waals surface area contributed by atoms with Gasteiger partial charge in [-0.3, -0.25) is 0 Å². The Morgan fingerprint density at radius 3 is 1.47 bits per heavy atom. The number of benzene rings is 4. The third-order valence-corrected chi connectivity index (χ3v) is 5.93. The van der Waals surface area contributed by atoms with Crippen LogP contribution >= 0.6 is 0 Å². The number of nitrogens with zero attached hydrogens (tertiary/aromatic N) is 4. The molecule has 144 valence electrons. The summed E-state index contributed by atoms with van der Waals surface area (Å²) in [7, 11) is 4.15. The van der Waals surface area contributed by atoms with Crippen molar-refractivity contribution < 1.29 is 0 Å². The second-order valence-corrected chi connectivity index (χ2v) is 7.74. The van der Waals surface area contributed by atoms with Crippen LogP contribution in [-0.4, -0.2) is 19.1 Å². The van der Waals surface area contributed by atoms with Crippen LogP contribution in [0.1, 0.15) is 0 Å². The molecular formula is C26H20N4. The van der Waals surface area contributed by atoms with Crippen molar-refractivity contribution in [3.63, 3.8) is 0 Å². The summed E-state index contributed by atoms with van der Waals surface area (Å²) >= 11 is 0.